The summed E-state index contributed by atoms with van der Waals surface area (Å²) >= 11 is 0. The smallest absolute Gasteiger partial charge is 0.396 e. The summed E-state index contributed by atoms with van der Waals surface area (Å²) in [6, 6.07) is 1.73. The van der Waals surface area contributed by atoms with Crippen LogP contribution in [-0.4, -0.2) is 31.7 Å². The summed E-state index contributed by atoms with van der Waals surface area (Å²) in [4.78, 5) is 12.2. The molecule has 0 bridgehead atoms. The molecule has 1 aliphatic heterocycles. The van der Waals surface area contributed by atoms with E-state index in [1.54, 1.807) is 6.07 Å². The number of fused-ring (bicyclic) bond motifs is 2. The normalized spacial score (nSPS) is 32.3. The number of rotatable bonds is 3. The molecule has 0 unspecified atom stereocenters. The van der Waals surface area contributed by atoms with E-state index in [0.717, 1.165) is 37.0 Å². The zero-order chi connectivity index (χ0) is 16.3. The topological polar surface area (TPSA) is 54.3 Å². The van der Waals surface area contributed by atoms with E-state index in [1.165, 1.54) is 0 Å². The largest absolute Gasteiger partial charge is 0.456 e. The molecule has 3 aliphatic rings. The number of halogens is 3. The van der Waals surface area contributed by atoms with E-state index in [1.807, 2.05) is 0 Å². The first kappa shape index (κ1) is 15.1. The molecule has 0 spiro atoms. The Labute approximate surface area is 131 Å². The van der Waals surface area contributed by atoms with Crippen LogP contribution in [-0.2, 0) is 12.8 Å². The molecule has 2 fully saturated rings. The molecule has 2 heterocycles. The fraction of sp³-hybridized carbons (Fsp3) is 0.688. The zero-order valence-corrected chi connectivity index (χ0v) is 12.7. The van der Waals surface area contributed by atoms with Gasteiger partial charge in [0.25, 0.3) is 5.91 Å². The van der Waals surface area contributed by atoms with E-state index >= 15 is 0 Å². The molecule has 4 rings (SSSR count). The van der Waals surface area contributed by atoms with E-state index in [9.17, 15) is 18.0 Å². The van der Waals surface area contributed by atoms with Gasteiger partial charge in [0, 0.05) is 31.5 Å². The van der Waals surface area contributed by atoms with Gasteiger partial charge in [0.1, 0.15) is 5.76 Å². The Bertz CT molecular complexity index is 631. The summed E-state index contributed by atoms with van der Waals surface area (Å²) in [5, 5.41) is 5.47. The minimum Gasteiger partial charge on any atom is -0.456 e. The van der Waals surface area contributed by atoms with Crippen LogP contribution >= 0.6 is 0 Å². The molecular formula is C16H19F3N2O2. The highest BCUT2D eigenvalue weighted by Crippen LogP contribution is 2.72. The van der Waals surface area contributed by atoms with Crippen molar-refractivity contribution < 1.29 is 22.4 Å². The highest BCUT2D eigenvalue weighted by Gasteiger charge is 2.81. The molecule has 0 aromatic carbocycles. The summed E-state index contributed by atoms with van der Waals surface area (Å²) < 4.78 is 45.4. The SMILES string of the molecule is O=C(NC[C@@]12CNC[C@]1(C(F)(F)F)C2)c1cc2c(o1)CCCC2. The molecule has 1 saturated heterocycles. The molecule has 23 heavy (non-hydrogen) atoms. The van der Waals surface area contributed by atoms with Gasteiger partial charge in [-0.3, -0.25) is 4.79 Å². The maximum atomic E-state index is 13.3. The lowest BCUT2D eigenvalue weighted by Crippen LogP contribution is -2.37. The number of nitrogens with one attached hydrogen (secondary N) is 2. The van der Waals surface area contributed by atoms with Crippen LogP contribution in [0.15, 0.2) is 10.5 Å². The minimum atomic E-state index is -4.23. The molecule has 126 valence electrons. The fourth-order valence-corrected chi connectivity index (χ4v) is 4.26. The molecule has 0 radical (unpaired) electrons. The zero-order valence-electron chi connectivity index (χ0n) is 12.7. The number of alkyl halides is 3. The van der Waals surface area contributed by atoms with E-state index in [2.05, 4.69) is 10.6 Å². The summed E-state index contributed by atoms with van der Waals surface area (Å²) in [7, 11) is 0. The van der Waals surface area contributed by atoms with Gasteiger partial charge in [0.15, 0.2) is 5.76 Å². The van der Waals surface area contributed by atoms with Gasteiger partial charge in [-0.15, -0.1) is 0 Å². The van der Waals surface area contributed by atoms with E-state index in [0.29, 0.717) is 6.54 Å². The Balaban J connectivity index is 1.44. The molecule has 1 amide bonds. The molecule has 7 heteroatoms. The number of hydrogen-bond donors (Lipinski definition) is 2. The average Bonchev–Trinajstić information content (AvgIpc) is 2.85. The lowest BCUT2D eigenvalue weighted by atomic mass is 9.95. The molecule has 2 N–H and O–H groups in total. The Morgan fingerprint density at radius 2 is 2.09 bits per heavy atom. The van der Waals surface area contributed by atoms with Gasteiger partial charge in [-0.2, -0.15) is 13.2 Å². The van der Waals surface area contributed by atoms with Crippen LogP contribution in [0.4, 0.5) is 13.2 Å². The van der Waals surface area contributed by atoms with Crippen molar-refractivity contribution in [3.63, 3.8) is 0 Å². The van der Waals surface area contributed by atoms with Gasteiger partial charge in [-0.25, -0.2) is 0 Å². The molecular weight excluding hydrogens is 309 g/mol. The fourth-order valence-electron chi connectivity index (χ4n) is 4.26. The predicted octanol–water partition coefficient (Wildman–Crippen LogP) is 2.43. The number of hydrogen-bond acceptors (Lipinski definition) is 3. The third kappa shape index (κ3) is 2.12. The van der Waals surface area contributed by atoms with Crippen molar-refractivity contribution in [2.45, 2.75) is 38.3 Å². The van der Waals surface area contributed by atoms with Crippen molar-refractivity contribution in [1.82, 2.24) is 10.6 Å². The highest BCUT2D eigenvalue weighted by molar-refractivity contribution is 5.91. The highest BCUT2D eigenvalue weighted by atomic mass is 19.4. The lowest BCUT2D eigenvalue weighted by molar-refractivity contribution is -0.190. The van der Waals surface area contributed by atoms with Gasteiger partial charge in [-0.05, 0) is 37.3 Å². The first-order valence-corrected chi connectivity index (χ1v) is 8.04. The third-order valence-electron chi connectivity index (χ3n) is 5.77. The van der Waals surface area contributed by atoms with E-state index in [4.69, 9.17) is 4.42 Å². The Hall–Kier alpha value is -1.50. The van der Waals surface area contributed by atoms with Gasteiger partial charge in [0.05, 0.1) is 5.41 Å². The van der Waals surface area contributed by atoms with Crippen molar-refractivity contribution in [3.05, 3.63) is 23.2 Å². The van der Waals surface area contributed by atoms with Crippen LogP contribution in [0.3, 0.4) is 0 Å². The van der Waals surface area contributed by atoms with E-state index in [-0.39, 0.29) is 25.3 Å². The molecule has 2 atom stereocenters. The molecule has 1 saturated carbocycles. The minimum absolute atomic E-state index is 0.0315. The van der Waals surface area contributed by atoms with Gasteiger partial charge in [0.2, 0.25) is 0 Å². The summed E-state index contributed by atoms with van der Waals surface area (Å²) in [6.07, 6.45) is -0.290. The second-order valence-corrected chi connectivity index (χ2v) is 7.09. The van der Waals surface area contributed by atoms with Gasteiger partial charge in [-0.1, -0.05) is 0 Å². The Morgan fingerprint density at radius 1 is 1.30 bits per heavy atom. The number of carbonyl (C=O) groups excluding carboxylic acids is 1. The standard InChI is InChI=1S/C16H19F3N2O2/c17-16(18,19)15-6-14(15,7-20-9-15)8-21-13(22)12-5-10-3-1-2-4-11(10)23-12/h5,20H,1-4,6-9H2,(H,21,22)/t14-,15-/m1/s1. The van der Waals surface area contributed by atoms with Crippen molar-refractivity contribution in [3.8, 4) is 0 Å². The predicted molar refractivity (Wildman–Crippen MR) is 76.1 cm³/mol. The Kier molecular flexibility index (Phi) is 3.11. The summed E-state index contributed by atoms with van der Waals surface area (Å²) in [5.41, 5.74) is -1.51. The number of amides is 1. The number of furan rings is 1. The maximum Gasteiger partial charge on any atom is 0.396 e. The lowest BCUT2D eigenvalue weighted by Gasteiger charge is -2.20. The summed E-state index contributed by atoms with van der Waals surface area (Å²) in [6.45, 7) is 0.270. The molecule has 1 aromatic rings. The second kappa shape index (κ2) is 4.75. The first-order chi connectivity index (χ1) is 10.9. The van der Waals surface area contributed by atoms with Crippen LogP contribution in [0.1, 0.15) is 41.1 Å². The van der Waals surface area contributed by atoms with Gasteiger partial charge >= 0.3 is 6.18 Å². The molecule has 4 nitrogen and oxygen atoms in total. The third-order valence-corrected chi connectivity index (χ3v) is 5.77. The number of piperidine rings is 1. The monoisotopic (exact) mass is 328 g/mol. The molecule has 2 aliphatic carbocycles. The Morgan fingerprint density at radius 3 is 2.78 bits per heavy atom. The maximum absolute atomic E-state index is 13.3. The van der Waals surface area contributed by atoms with Crippen molar-refractivity contribution >= 4 is 5.91 Å². The van der Waals surface area contributed by atoms with Crippen LogP contribution in [0.5, 0.6) is 0 Å². The summed E-state index contributed by atoms with van der Waals surface area (Å²) in [5.74, 6) is 0.652. The van der Waals surface area contributed by atoms with E-state index < -0.39 is 22.9 Å². The number of carbonyl (C=O) groups is 1. The first-order valence-electron chi connectivity index (χ1n) is 8.04. The second-order valence-electron chi connectivity index (χ2n) is 7.09. The quantitative estimate of drug-likeness (QED) is 0.896. The van der Waals surface area contributed by atoms with Crippen LogP contribution < -0.4 is 10.6 Å². The average molecular weight is 328 g/mol. The van der Waals surface area contributed by atoms with Crippen LogP contribution in [0.2, 0.25) is 0 Å². The van der Waals surface area contributed by atoms with Crippen LogP contribution in [0, 0.1) is 10.8 Å². The molecule has 1 aromatic heterocycles. The van der Waals surface area contributed by atoms with Crippen LogP contribution in [0.25, 0.3) is 0 Å². The van der Waals surface area contributed by atoms with Crippen molar-refractivity contribution in [2.24, 2.45) is 10.8 Å². The van der Waals surface area contributed by atoms with Gasteiger partial charge < -0.3 is 15.1 Å². The van der Waals surface area contributed by atoms with Crippen molar-refractivity contribution in [1.29, 1.82) is 0 Å². The van der Waals surface area contributed by atoms with Crippen molar-refractivity contribution in [2.75, 3.05) is 19.6 Å². The number of aryl methyl sites for hydroxylation is 2.